The first kappa shape index (κ1) is 23.3. The molecule has 0 bridgehead atoms. The molecule has 7 heteroatoms. The Kier molecular flexibility index (Phi) is 6.68. The highest BCUT2D eigenvalue weighted by atomic mass is 15.3. The molecule has 2 aromatic carbocycles. The van der Waals surface area contributed by atoms with Crippen molar-refractivity contribution in [3.63, 3.8) is 0 Å². The number of benzene rings is 2. The first-order valence-electron chi connectivity index (χ1n) is 12.6. The topological polar surface area (TPSA) is 62.1 Å². The summed E-state index contributed by atoms with van der Waals surface area (Å²) >= 11 is 0. The quantitative estimate of drug-likeness (QED) is 0.396. The summed E-state index contributed by atoms with van der Waals surface area (Å²) in [7, 11) is 0. The highest BCUT2D eigenvalue weighted by molar-refractivity contribution is 5.85. The molecule has 1 aliphatic heterocycles. The molecule has 0 radical (unpaired) electrons. The average molecular weight is 470 g/mol. The van der Waals surface area contributed by atoms with E-state index >= 15 is 0 Å². The molecule has 0 fully saturated rings. The summed E-state index contributed by atoms with van der Waals surface area (Å²) in [5, 5.41) is 3.60. The van der Waals surface area contributed by atoms with E-state index in [4.69, 9.17) is 15.0 Å². The van der Waals surface area contributed by atoms with Gasteiger partial charge in [-0.1, -0.05) is 42.5 Å². The minimum Gasteiger partial charge on any atom is -0.367 e. The Morgan fingerprint density at radius 1 is 0.914 bits per heavy atom. The maximum atomic E-state index is 5.03. The van der Waals surface area contributed by atoms with Crippen LogP contribution in [0.1, 0.15) is 38.8 Å². The molecule has 3 heterocycles. The van der Waals surface area contributed by atoms with Gasteiger partial charge in [0, 0.05) is 44.0 Å². The van der Waals surface area contributed by atoms with Crippen molar-refractivity contribution < 1.29 is 0 Å². The van der Waals surface area contributed by atoms with Crippen LogP contribution in [0.15, 0.2) is 60.9 Å². The van der Waals surface area contributed by atoms with E-state index < -0.39 is 0 Å². The third-order valence-corrected chi connectivity index (χ3v) is 6.82. The van der Waals surface area contributed by atoms with Gasteiger partial charge in [-0.05, 0) is 57.4 Å². The summed E-state index contributed by atoms with van der Waals surface area (Å²) in [6, 6.07) is 19.9. The Labute approximate surface area is 207 Å². The molecule has 1 aliphatic rings. The fourth-order valence-corrected chi connectivity index (χ4v) is 5.01. The maximum Gasteiger partial charge on any atom is 0.229 e. The molecule has 4 aromatic rings. The van der Waals surface area contributed by atoms with Crippen molar-refractivity contribution in [2.75, 3.05) is 29.9 Å². The van der Waals surface area contributed by atoms with Gasteiger partial charge in [0.15, 0.2) is 17.0 Å². The van der Waals surface area contributed by atoms with E-state index in [9.17, 15) is 0 Å². The molecule has 7 nitrogen and oxygen atoms in total. The highest BCUT2D eigenvalue weighted by Gasteiger charge is 2.22. The minimum absolute atomic E-state index is 0.489. The number of hydrogen-bond donors (Lipinski definition) is 1. The molecule has 0 atom stereocenters. The van der Waals surface area contributed by atoms with Crippen molar-refractivity contribution in [2.45, 2.75) is 52.7 Å². The minimum atomic E-state index is 0.489. The second-order valence-electron chi connectivity index (χ2n) is 9.79. The number of nitrogens with one attached hydrogen (secondary N) is 1. The number of imidazole rings is 1. The summed E-state index contributed by atoms with van der Waals surface area (Å²) < 4.78 is 2.05. The van der Waals surface area contributed by atoms with Crippen LogP contribution in [0.2, 0.25) is 0 Å². The fourth-order valence-electron chi connectivity index (χ4n) is 5.01. The Morgan fingerprint density at radius 2 is 1.63 bits per heavy atom. The van der Waals surface area contributed by atoms with Crippen LogP contribution in [0, 0.1) is 0 Å². The molecule has 0 amide bonds. The van der Waals surface area contributed by atoms with Gasteiger partial charge in [0.25, 0.3) is 0 Å². The maximum absolute atomic E-state index is 5.03. The first-order chi connectivity index (χ1) is 17.0. The SMILES string of the molecule is CC(C)N(CCNc1nc(N2CCc3ccccc3C2)nc2c1ncn2-c1ccccc1)C(C)C. The number of para-hydroxylation sites is 1. The van der Waals surface area contributed by atoms with Gasteiger partial charge in [0.1, 0.15) is 6.33 Å². The zero-order valence-electron chi connectivity index (χ0n) is 21.1. The molecule has 2 aromatic heterocycles. The third kappa shape index (κ3) is 4.86. The highest BCUT2D eigenvalue weighted by Crippen LogP contribution is 2.28. The van der Waals surface area contributed by atoms with Crippen LogP contribution in [0.4, 0.5) is 11.8 Å². The van der Waals surface area contributed by atoms with Crippen molar-refractivity contribution in [2.24, 2.45) is 0 Å². The molecule has 0 saturated heterocycles. The predicted molar refractivity (Wildman–Crippen MR) is 143 cm³/mol. The summed E-state index contributed by atoms with van der Waals surface area (Å²) in [5.74, 6) is 1.54. The van der Waals surface area contributed by atoms with E-state index in [1.165, 1.54) is 11.1 Å². The summed E-state index contributed by atoms with van der Waals surface area (Å²) in [5.41, 5.74) is 5.43. The van der Waals surface area contributed by atoms with E-state index in [0.717, 1.165) is 61.2 Å². The van der Waals surface area contributed by atoms with Crippen LogP contribution in [0.5, 0.6) is 0 Å². The van der Waals surface area contributed by atoms with E-state index in [0.29, 0.717) is 12.1 Å². The molecular weight excluding hydrogens is 434 g/mol. The van der Waals surface area contributed by atoms with E-state index in [1.807, 2.05) is 24.5 Å². The third-order valence-electron chi connectivity index (χ3n) is 6.82. The Bertz CT molecular complexity index is 1270. The first-order valence-corrected chi connectivity index (χ1v) is 12.6. The lowest BCUT2D eigenvalue weighted by atomic mass is 10.0. The number of aromatic nitrogens is 4. The van der Waals surface area contributed by atoms with Crippen LogP contribution in [0.3, 0.4) is 0 Å². The predicted octanol–water partition coefficient (Wildman–Crippen LogP) is 4.91. The van der Waals surface area contributed by atoms with E-state index in [-0.39, 0.29) is 0 Å². The normalized spacial score (nSPS) is 13.7. The lowest BCUT2D eigenvalue weighted by molar-refractivity contribution is 0.182. The summed E-state index contributed by atoms with van der Waals surface area (Å²) in [6.45, 7) is 12.4. The molecule has 5 rings (SSSR count). The zero-order valence-corrected chi connectivity index (χ0v) is 21.1. The molecule has 0 spiro atoms. The van der Waals surface area contributed by atoms with Gasteiger partial charge >= 0.3 is 0 Å². The second-order valence-corrected chi connectivity index (χ2v) is 9.79. The molecule has 182 valence electrons. The van der Waals surface area contributed by atoms with E-state index in [1.54, 1.807) is 0 Å². The largest absolute Gasteiger partial charge is 0.367 e. The van der Waals surface area contributed by atoms with Crippen molar-refractivity contribution >= 4 is 22.9 Å². The van der Waals surface area contributed by atoms with Gasteiger partial charge in [0.2, 0.25) is 5.95 Å². The second kappa shape index (κ2) is 10.0. The van der Waals surface area contributed by atoms with Crippen molar-refractivity contribution in [1.82, 2.24) is 24.4 Å². The standard InChI is InChI=1S/C28H35N7/c1-20(2)34(21(3)4)17-15-29-26-25-27(35(19-30-25)24-12-6-5-7-13-24)32-28(31-26)33-16-14-22-10-8-9-11-23(22)18-33/h5-13,19-21H,14-18H2,1-4H3,(H,29,31,32). The lowest BCUT2D eigenvalue weighted by Gasteiger charge is -2.31. The van der Waals surface area contributed by atoms with Gasteiger partial charge in [-0.3, -0.25) is 9.47 Å². The Morgan fingerprint density at radius 3 is 2.37 bits per heavy atom. The molecular formula is C28H35N7. The van der Waals surface area contributed by atoms with Crippen LogP contribution < -0.4 is 10.2 Å². The Balaban J connectivity index is 1.50. The smallest absolute Gasteiger partial charge is 0.229 e. The number of anilines is 2. The number of rotatable bonds is 8. The van der Waals surface area contributed by atoms with Crippen molar-refractivity contribution in [3.8, 4) is 5.69 Å². The number of nitrogens with zero attached hydrogens (tertiary/aromatic N) is 6. The monoisotopic (exact) mass is 469 g/mol. The van der Waals surface area contributed by atoms with Gasteiger partial charge in [-0.25, -0.2) is 4.98 Å². The van der Waals surface area contributed by atoms with E-state index in [2.05, 4.69) is 83.8 Å². The van der Waals surface area contributed by atoms with Crippen LogP contribution in [0.25, 0.3) is 16.9 Å². The molecule has 0 aliphatic carbocycles. The van der Waals surface area contributed by atoms with Crippen molar-refractivity contribution in [1.29, 1.82) is 0 Å². The van der Waals surface area contributed by atoms with Gasteiger partial charge in [-0.2, -0.15) is 9.97 Å². The number of hydrogen-bond acceptors (Lipinski definition) is 6. The van der Waals surface area contributed by atoms with Gasteiger partial charge in [0.05, 0.1) is 0 Å². The lowest BCUT2D eigenvalue weighted by Crippen LogP contribution is -2.40. The zero-order chi connectivity index (χ0) is 24.4. The van der Waals surface area contributed by atoms with Crippen molar-refractivity contribution in [3.05, 3.63) is 72.1 Å². The Hall–Kier alpha value is -3.45. The van der Waals surface area contributed by atoms with Crippen LogP contribution in [-0.4, -0.2) is 56.1 Å². The van der Waals surface area contributed by atoms with Crippen LogP contribution in [-0.2, 0) is 13.0 Å². The molecule has 1 N–H and O–H groups in total. The van der Waals surface area contributed by atoms with Gasteiger partial charge in [-0.15, -0.1) is 0 Å². The summed E-state index contributed by atoms with van der Waals surface area (Å²) in [6.07, 6.45) is 2.85. The van der Waals surface area contributed by atoms with Gasteiger partial charge < -0.3 is 10.2 Å². The fraction of sp³-hybridized carbons (Fsp3) is 0.393. The average Bonchev–Trinajstić information content (AvgIpc) is 3.30. The number of fused-ring (bicyclic) bond motifs is 2. The molecule has 0 unspecified atom stereocenters. The molecule has 35 heavy (non-hydrogen) atoms. The molecule has 0 saturated carbocycles. The van der Waals surface area contributed by atoms with Crippen LogP contribution >= 0.6 is 0 Å². The summed E-state index contributed by atoms with van der Waals surface area (Å²) in [4.78, 5) is 19.5.